The first kappa shape index (κ1) is 34.6. The fraction of sp³-hybridized carbons (Fsp3) is 0.100. The van der Waals surface area contributed by atoms with Gasteiger partial charge in [-0.05, 0) is 141 Å². The van der Waals surface area contributed by atoms with Crippen molar-refractivity contribution in [2.45, 2.75) is 38.5 Å². The summed E-state index contributed by atoms with van der Waals surface area (Å²) in [7, 11) is 0. The van der Waals surface area contributed by atoms with Crippen LogP contribution in [0, 0.1) is 0 Å². The molecule has 0 amide bonds. The Kier molecular flexibility index (Phi) is 6.91. The minimum Gasteiger partial charge on any atom is -0.455 e. The van der Waals surface area contributed by atoms with Crippen molar-refractivity contribution in [1.29, 1.82) is 0 Å². The lowest BCUT2D eigenvalue weighted by atomic mass is 9.80. The summed E-state index contributed by atoms with van der Waals surface area (Å²) in [6.07, 6.45) is 0. The lowest BCUT2D eigenvalue weighted by molar-refractivity contribution is 0.658. The highest BCUT2D eigenvalue weighted by atomic mass is 16.3. The third-order valence-electron chi connectivity index (χ3n) is 14.4. The number of hydrogen-bond acceptors (Lipinski definition) is 1. The number of furan rings is 1. The highest BCUT2D eigenvalue weighted by molar-refractivity contribution is 6.21. The van der Waals surface area contributed by atoms with E-state index in [1.54, 1.807) is 0 Å². The summed E-state index contributed by atoms with van der Waals surface area (Å²) in [6, 6.07) is 68.0. The lowest BCUT2D eigenvalue weighted by Crippen LogP contribution is -2.15. The standard InChI is InChI=1S/C60H42O/c1-59(2)51-29-25-37(38-23-26-42-49-34-55-50(33-54(49)60(3,4)52(42)31-38)47-28-22-35-14-8-9-17-40(35)58(47)61-55)30-48(51)41-27-24-39(32-53(41)59)57-45-20-12-10-18-43(45)56(36-15-6-5-7-16-36)44-19-11-13-21-46(44)57/h5-34H,1-4H3. The maximum absolute atomic E-state index is 6.65. The monoisotopic (exact) mass is 778 g/mol. The molecule has 0 saturated heterocycles. The first-order valence-electron chi connectivity index (χ1n) is 21.6. The van der Waals surface area contributed by atoms with Crippen LogP contribution in [0.4, 0.5) is 0 Å². The van der Waals surface area contributed by atoms with Gasteiger partial charge >= 0.3 is 0 Å². The SMILES string of the molecule is CC1(C)c2ccc(-c3ccc4c(c3)C(C)(C)c3cc5c(cc3-4)oc3c4ccccc4ccc53)cc2-c2ccc(-c3c4ccccc4c(-c4ccccc4)c4ccccc34)cc21. The molecule has 1 heteroatoms. The van der Waals surface area contributed by atoms with Gasteiger partial charge in [-0.2, -0.15) is 0 Å². The fourth-order valence-electron chi connectivity index (χ4n) is 11.4. The van der Waals surface area contributed by atoms with Crippen LogP contribution < -0.4 is 0 Å². The molecule has 0 fully saturated rings. The molecule has 1 aromatic heterocycles. The van der Waals surface area contributed by atoms with Crippen molar-refractivity contribution >= 4 is 54.3 Å². The van der Waals surface area contributed by atoms with Crippen LogP contribution in [0.15, 0.2) is 186 Å². The molecule has 0 N–H and O–H groups in total. The summed E-state index contributed by atoms with van der Waals surface area (Å²) in [6.45, 7) is 9.55. The molecule has 61 heavy (non-hydrogen) atoms. The summed E-state index contributed by atoms with van der Waals surface area (Å²) in [5, 5.41) is 9.88. The maximum atomic E-state index is 6.65. The topological polar surface area (TPSA) is 13.1 Å². The molecule has 288 valence electrons. The molecule has 1 heterocycles. The van der Waals surface area contributed by atoms with Gasteiger partial charge in [0.15, 0.2) is 0 Å². The van der Waals surface area contributed by atoms with Crippen LogP contribution in [-0.4, -0.2) is 0 Å². The Bertz CT molecular complexity index is 3630. The second-order valence-corrected chi connectivity index (χ2v) is 18.4. The van der Waals surface area contributed by atoms with Crippen LogP contribution >= 0.6 is 0 Å². The van der Waals surface area contributed by atoms with Crippen LogP contribution in [0.2, 0.25) is 0 Å². The van der Waals surface area contributed by atoms with Crippen molar-refractivity contribution in [3.63, 3.8) is 0 Å². The first-order valence-corrected chi connectivity index (χ1v) is 21.6. The molecule has 2 aliphatic carbocycles. The Morgan fingerprint density at radius 3 is 1.51 bits per heavy atom. The van der Waals surface area contributed by atoms with E-state index in [1.807, 2.05) is 0 Å². The van der Waals surface area contributed by atoms with Gasteiger partial charge < -0.3 is 4.42 Å². The van der Waals surface area contributed by atoms with Gasteiger partial charge in [-0.25, -0.2) is 0 Å². The largest absolute Gasteiger partial charge is 0.455 e. The third kappa shape index (κ3) is 4.72. The van der Waals surface area contributed by atoms with Crippen molar-refractivity contribution in [3.8, 4) is 55.6 Å². The predicted molar refractivity (Wildman–Crippen MR) is 258 cm³/mol. The predicted octanol–water partition coefficient (Wildman–Crippen LogP) is 16.7. The zero-order valence-electron chi connectivity index (χ0n) is 34.7. The number of rotatable bonds is 3. The van der Waals surface area contributed by atoms with Gasteiger partial charge in [0.05, 0.1) is 0 Å². The zero-order chi connectivity index (χ0) is 40.8. The van der Waals surface area contributed by atoms with E-state index in [2.05, 4.69) is 210 Å². The van der Waals surface area contributed by atoms with E-state index >= 15 is 0 Å². The quantitative estimate of drug-likeness (QED) is 0.163. The maximum Gasteiger partial charge on any atom is 0.143 e. The van der Waals surface area contributed by atoms with Gasteiger partial charge in [0.1, 0.15) is 11.2 Å². The smallest absolute Gasteiger partial charge is 0.143 e. The van der Waals surface area contributed by atoms with E-state index < -0.39 is 0 Å². The van der Waals surface area contributed by atoms with Crippen LogP contribution in [-0.2, 0) is 10.8 Å². The van der Waals surface area contributed by atoms with E-state index in [0.717, 1.165) is 16.6 Å². The molecule has 0 atom stereocenters. The van der Waals surface area contributed by atoms with Crippen LogP contribution in [0.3, 0.4) is 0 Å². The highest BCUT2D eigenvalue weighted by Gasteiger charge is 2.38. The van der Waals surface area contributed by atoms with Gasteiger partial charge in [-0.1, -0.05) is 173 Å². The molecular formula is C60H42O. The molecule has 0 aliphatic heterocycles. The Balaban J connectivity index is 0.917. The molecule has 0 radical (unpaired) electrons. The van der Waals surface area contributed by atoms with Gasteiger partial charge in [0.2, 0.25) is 0 Å². The van der Waals surface area contributed by atoms with E-state index in [9.17, 15) is 0 Å². The molecular weight excluding hydrogens is 737 g/mol. The molecule has 1 nitrogen and oxygen atoms in total. The van der Waals surface area contributed by atoms with Crippen molar-refractivity contribution in [3.05, 3.63) is 204 Å². The van der Waals surface area contributed by atoms with Gasteiger partial charge in [-0.15, -0.1) is 0 Å². The van der Waals surface area contributed by atoms with Crippen molar-refractivity contribution in [2.75, 3.05) is 0 Å². The van der Waals surface area contributed by atoms with Crippen molar-refractivity contribution in [1.82, 2.24) is 0 Å². The molecule has 0 spiro atoms. The average Bonchev–Trinajstić information content (AvgIpc) is 3.86. The van der Waals surface area contributed by atoms with E-state index in [4.69, 9.17) is 4.42 Å². The second-order valence-electron chi connectivity index (χ2n) is 18.4. The fourth-order valence-corrected chi connectivity index (χ4v) is 11.4. The number of benzene rings is 10. The number of hydrogen-bond donors (Lipinski definition) is 0. The molecule has 0 bridgehead atoms. The Morgan fingerprint density at radius 2 is 0.820 bits per heavy atom. The molecule has 11 aromatic rings. The number of fused-ring (bicyclic) bond motifs is 13. The van der Waals surface area contributed by atoms with Crippen LogP contribution in [0.5, 0.6) is 0 Å². The third-order valence-corrected chi connectivity index (χ3v) is 14.4. The van der Waals surface area contributed by atoms with Gasteiger partial charge in [-0.3, -0.25) is 0 Å². The van der Waals surface area contributed by atoms with Crippen molar-refractivity contribution in [2.24, 2.45) is 0 Å². The molecule has 0 unspecified atom stereocenters. The summed E-state index contributed by atoms with van der Waals surface area (Å²) >= 11 is 0. The molecule has 2 aliphatic rings. The summed E-state index contributed by atoms with van der Waals surface area (Å²) in [5.41, 5.74) is 20.0. The van der Waals surface area contributed by atoms with Gasteiger partial charge in [0.25, 0.3) is 0 Å². The van der Waals surface area contributed by atoms with Crippen LogP contribution in [0.1, 0.15) is 49.9 Å². The Hall–Kier alpha value is -7.22. The van der Waals surface area contributed by atoms with E-state index in [1.165, 1.54) is 116 Å². The molecule has 10 aromatic carbocycles. The van der Waals surface area contributed by atoms with Gasteiger partial charge in [0, 0.05) is 27.0 Å². The summed E-state index contributed by atoms with van der Waals surface area (Å²) in [5.74, 6) is 0. The van der Waals surface area contributed by atoms with Crippen molar-refractivity contribution < 1.29 is 4.42 Å². The minimum absolute atomic E-state index is 0.149. The average molecular weight is 779 g/mol. The normalized spacial score (nSPS) is 14.5. The second kappa shape index (κ2) is 12.2. The first-order chi connectivity index (χ1) is 29.8. The summed E-state index contributed by atoms with van der Waals surface area (Å²) < 4.78 is 6.65. The molecule has 13 rings (SSSR count). The van der Waals surface area contributed by atoms with E-state index in [-0.39, 0.29) is 10.8 Å². The molecule has 0 saturated carbocycles. The Morgan fingerprint density at radius 1 is 0.311 bits per heavy atom. The highest BCUT2D eigenvalue weighted by Crippen LogP contribution is 2.54. The minimum atomic E-state index is -0.162. The Labute approximate surface area is 355 Å². The zero-order valence-corrected chi connectivity index (χ0v) is 34.7. The lowest BCUT2D eigenvalue weighted by Gasteiger charge is -2.23. The van der Waals surface area contributed by atoms with Crippen LogP contribution in [0.25, 0.3) is 110 Å². The van der Waals surface area contributed by atoms with E-state index in [0.29, 0.717) is 0 Å². The summed E-state index contributed by atoms with van der Waals surface area (Å²) in [4.78, 5) is 0.